The summed E-state index contributed by atoms with van der Waals surface area (Å²) in [6, 6.07) is -1.39. The van der Waals surface area contributed by atoms with Gasteiger partial charge in [-0.3, -0.25) is 9.59 Å². The van der Waals surface area contributed by atoms with Gasteiger partial charge in [-0.25, -0.2) is 0 Å². The van der Waals surface area contributed by atoms with E-state index in [4.69, 9.17) is 0 Å². The van der Waals surface area contributed by atoms with Crippen molar-refractivity contribution in [3.63, 3.8) is 0 Å². The second-order valence-corrected chi connectivity index (χ2v) is 5.94. The van der Waals surface area contributed by atoms with Gasteiger partial charge in [0, 0.05) is 12.2 Å². The summed E-state index contributed by atoms with van der Waals surface area (Å²) >= 11 is 0. The largest absolute Gasteiger partial charge is 0.471 e. The lowest BCUT2D eigenvalue weighted by Gasteiger charge is -2.25. The molecule has 2 rings (SSSR count). The summed E-state index contributed by atoms with van der Waals surface area (Å²) in [6.07, 6.45) is -15.8. The fourth-order valence-corrected chi connectivity index (χ4v) is 2.70. The van der Waals surface area contributed by atoms with Crippen molar-refractivity contribution in [2.24, 2.45) is 0 Å². The highest BCUT2D eigenvalue weighted by atomic mass is 19.4. The maximum atomic E-state index is 12.8. The van der Waals surface area contributed by atoms with Crippen LogP contribution in [0.3, 0.4) is 0 Å². The van der Waals surface area contributed by atoms with Crippen LogP contribution in [0.15, 0.2) is 18.2 Å². The first-order chi connectivity index (χ1) is 12.6. The normalized spacial score (nSPS) is 18.3. The van der Waals surface area contributed by atoms with Crippen molar-refractivity contribution >= 4 is 17.5 Å². The predicted octanol–water partition coefficient (Wildman–Crippen LogP) is 4.22. The van der Waals surface area contributed by atoms with Gasteiger partial charge < -0.3 is 10.2 Å². The number of nitrogens with one attached hydrogen (secondary N) is 1. The molecule has 1 aliphatic heterocycles. The summed E-state index contributed by atoms with van der Waals surface area (Å²) in [5, 5.41) is 1.74. The van der Waals surface area contributed by atoms with Crippen LogP contribution in [0, 0.1) is 0 Å². The van der Waals surface area contributed by atoms with Gasteiger partial charge in [0.25, 0.3) is 0 Å². The van der Waals surface area contributed by atoms with Gasteiger partial charge in [-0.15, -0.1) is 0 Å². The SMILES string of the molecule is O=C(Nc1cc(C(F)(F)F)cc(C(F)(F)F)c1)C1CCCN1C(=O)C(F)(F)F. The number of alkyl halides is 9. The zero-order valence-electron chi connectivity index (χ0n) is 13.6. The van der Waals surface area contributed by atoms with E-state index in [-0.39, 0.29) is 35.9 Å². The summed E-state index contributed by atoms with van der Waals surface area (Å²) in [4.78, 5) is 23.7. The van der Waals surface area contributed by atoms with Crippen molar-refractivity contribution in [1.29, 1.82) is 0 Å². The van der Waals surface area contributed by atoms with E-state index in [0.29, 0.717) is 0 Å². The molecule has 1 aromatic carbocycles. The number of hydrogen-bond acceptors (Lipinski definition) is 2. The molecule has 13 heteroatoms. The number of hydrogen-bond donors (Lipinski definition) is 1. The van der Waals surface area contributed by atoms with Crippen molar-refractivity contribution < 1.29 is 49.1 Å². The maximum absolute atomic E-state index is 12.8. The van der Waals surface area contributed by atoms with Gasteiger partial charge in [0.05, 0.1) is 11.1 Å². The highest BCUT2D eigenvalue weighted by Gasteiger charge is 2.47. The van der Waals surface area contributed by atoms with Crippen LogP contribution in [0.4, 0.5) is 45.2 Å². The summed E-state index contributed by atoms with van der Waals surface area (Å²) in [7, 11) is 0. The second-order valence-electron chi connectivity index (χ2n) is 5.94. The second kappa shape index (κ2) is 7.17. The Morgan fingerprint density at radius 3 is 1.82 bits per heavy atom. The van der Waals surface area contributed by atoms with E-state index in [2.05, 4.69) is 0 Å². The van der Waals surface area contributed by atoms with Gasteiger partial charge >= 0.3 is 24.4 Å². The number of carbonyl (C=O) groups is 2. The van der Waals surface area contributed by atoms with E-state index in [1.807, 2.05) is 0 Å². The Hall–Kier alpha value is -2.47. The summed E-state index contributed by atoms with van der Waals surface area (Å²) in [5.41, 5.74) is -4.31. The van der Waals surface area contributed by atoms with E-state index in [1.54, 1.807) is 5.32 Å². The van der Waals surface area contributed by atoms with Gasteiger partial charge in [-0.05, 0) is 31.0 Å². The molecular weight excluding hydrogens is 411 g/mol. The van der Waals surface area contributed by atoms with Crippen LogP contribution in [-0.2, 0) is 21.9 Å². The highest BCUT2D eigenvalue weighted by Crippen LogP contribution is 2.37. The number of benzene rings is 1. The molecule has 4 nitrogen and oxygen atoms in total. The van der Waals surface area contributed by atoms with E-state index in [9.17, 15) is 49.1 Å². The Morgan fingerprint density at radius 2 is 1.39 bits per heavy atom. The van der Waals surface area contributed by atoms with E-state index < -0.39 is 59.7 Å². The topological polar surface area (TPSA) is 49.4 Å². The van der Waals surface area contributed by atoms with Crippen LogP contribution in [0.25, 0.3) is 0 Å². The molecular formula is C15H11F9N2O2. The van der Waals surface area contributed by atoms with Crippen molar-refractivity contribution in [1.82, 2.24) is 4.90 Å². The van der Waals surface area contributed by atoms with Crippen molar-refractivity contribution in [3.8, 4) is 0 Å². The molecule has 1 unspecified atom stereocenters. The Kier molecular flexibility index (Phi) is 5.59. The van der Waals surface area contributed by atoms with Gasteiger partial charge in [0.1, 0.15) is 6.04 Å². The molecule has 0 spiro atoms. The third kappa shape index (κ3) is 4.87. The molecule has 156 valence electrons. The number of anilines is 1. The molecule has 1 aromatic rings. The van der Waals surface area contributed by atoms with Crippen molar-refractivity contribution in [2.45, 2.75) is 37.4 Å². The Labute approximate surface area is 151 Å². The number of carbonyl (C=O) groups excluding carboxylic acids is 2. The number of rotatable bonds is 2. The molecule has 1 aliphatic rings. The predicted molar refractivity (Wildman–Crippen MR) is 75.9 cm³/mol. The summed E-state index contributed by atoms with van der Waals surface area (Å²) < 4.78 is 115. The first-order valence-electron chi connectivity index (χ1n) is 7.59. The average molecular weight is 422 g/mol. The monoisotopic (exact) mass is 422 g/mol. The van der Waals surface area contributed by atoms with Crippen LogP contribution < -0.4 is 5.32 Å². The molecule has 2 amide bonds. The Balaban J connectivity index is 2.31. The minimum atomic E-state index is -5.28. The first-order valence-corrected chi connectivity index (χ1v) is 7.59. The molecule has 1 fully saturated rings. The van der Waals surface area contributed by atoms with Crippen LogP contribution in [-0.4, -0.2) is 35.5 Å². The summed E-state index contributed by atoms with van der Waals surface area (Å²) in [5.74, 6) is -3.63. The molecule has 0 radical (unpaired) electrons. The quantitative estimate of drug-likeness (QED) is 0.726. The zero-order chi connectivity index (χ0) is 21.5. The molecule has 1 N–H and O–H groups in total. The Morgan fingerprint density at radius 1 is 0.893 bits per heavy atom. The standard InChI is InChI=1S/C15H11F9N2O2/c16-13(17,18)7-4-8(14(19,20)21)6-9(5-7)25-11(27)10-2-1-3-26(10)12(28)15(22,23)24/h4-6,10H,1-3H2,(H,25,27). The zero-order valence-corrected chi connectivity index (χ0v) is 13.6. The minimum absolute atomic E-state index is 0.0102. The fraction of sp³-hybridized carbons (Fsp3) is 0.467. The number of halogens is 9. The third-order valence-electron chi connectivity index (χ3n) is 3.91. The minimum Gasteiger partial charge on any atom is -0.324 e. The maximum Gasteiger partial charge on any atom is 0.471 e. The van der Waals surface area contributed by atoms with Gasteiger partial charge in [0.2, 0.25) is 5.91 Å². The summed E-state index contributed by atoms with van der Waals surface area (Å²) in [6.45, 7) is -0.424. The van der Waals surface area contributed by atoms with Crippen molar-refractivity contribution in [2.75, 3.05) is 11.9 Å². The van der Waals surface area contributed by atoms with Crippen LogP contribution >= 0.6 is 0 Å². The van der Waals surface area contributed by atoms with Gasteiger partial charge in [-0.1, -0.05) is 0 Å². The lowest BCUT2D eigenvalue weighted by molar-refractivity contribution is -0.186. The van der Waals surface area contributed by atoms with Crippen LogP contribution in [0.2, 0.25) is 0 Å². The third-order valence-corrected chi connectivity index (χ3v) is 3.91. The van der Waals surface area contributed by atoms with Crippen LogP contribution in [0.5, 0.6) is 0 Å². The number of amides is 2. The molecule has 1 saturated heterocycles. The molecule has 0 aromatic heterocycles. The van der Waals surface area contributed by atoms with E-state index >= 15 is 0 Å². The molecule has 1 heterocycles. The van der Waals surface area contributed by atoms with Gasteiger partial charge in [-0.2, -0.15) is 39.5 Å². The first kappa shape index (κ1) is 21.8. The lowest BCUT2D eigenvalue weighted by atomic mass is 10.1. The average Bonchev–Trinajstić information content (AvgIpc) is 3.00. The molecule has 0 aliphatic carbocycles. The van der Waals surface area contributed by atoms with E-state index in [1.165, 1.54) is 0 Å². The smallest absolute Gasteiger partial charge is 0.324 e. The van der Waals surface area contributed by atoms with Crippen molar-refractivity contribution in [3.05, 3.63) is 29.3 Å². The van der Waals surface area contributed by atoms with Gasteiger partial charge in [0.15, 0.2) is 0 Å². The Bertz CT molecular complexity index is 736. The molecule has 0 saturated carbocycles. The molecule has 28 heavy (non-hydrogen) atoms. The fourth-order valence-electron chi connectivity index (χ4n) is 2.70. The highest BCUT2D eigenvalue weighted by molar-refractivity contribution is 5.98. The molecule has 0 bridgehead atoms. The van der Waals surface area contributed by atoms with E-state index in [0.717, 1.165) is 0 Å². The van der Waals surface area contributed by atoms with Crippen LogP contribution in [0.1, 0.15) is 24.0 Å². The number of nitrogens with zero attached hydrogens (tertiary/aromatic N) is 1. The molecule has 1 atom stereocenters. The lowest BCUT2D eigenvalue weighted by Crippen LogP contribution is -2.48. The number of likely N-dealkylation sites (tertiary alicyclic amines) is 1.